The van der Waals surface area contributed by atoms with Crippen molar-refractivity contribution < 1.29 is 9.59 Å². The number of anilines is 2. The molecule has 0 fully saturated rings. The maximum atomic E-state index is 12.2. The van der Waals surface area contributed by atoms with Gasteiger partial charge < -0.3 is 10.6 Å². The minimum Gasteiger partial charge on any atom is -0.326 e. The van der Waals surface area contributed by atoms with Crippen molar-refractivity contribution in [1.82, 2.24) is 0 Å². The van der Waals surface area contributed by atoms with Gasteiger partial charge in [0, 0.05) is 15.6 Å². The molecule has 0 saturated carbocycles. The molecule has 0 saturated heterocycles. The number of nitrogens with one attached hydrogen (secondary N) is 2. The molecule has 0 atom stereocenters. The fourth-order valence-corrected chi connectivity index (χ4v) is 3.74. The lowest BCUT2D eigenvalue weighted by Gasteiger charge is -2.09. The Morgan fingerprint density at radius 3 is 2.20 bits per heavy atom. The van der Waals surface area contributed by atoms with E-state index in [9.17, 15) is 9.59 Å². The van der Waals surface area contributed by atoms with Gasteiger partial charge in [0.05, 0.1) is 27.9 Å². The van der Waals surface area contributed by atoms with Crippen molar-refractivity contribution in [2.45, 2.75) is 11.3 Å². The molecule has 8 heteroatoms. The molecule has 3 rings (SSSR count). The maximum absolute atomic E-state index is 12.2. The van der Waals surface area contributed by atoms with E-state index in [0.717, 1.165) is 10.5 Å². The molecule has 0 spiro atoms. The van der Waals surface area contributed by atoms with E-state index in [1.807, 2.05) is 24.3 Å². The topological polar surface area (TPSA) is 58.2 Å². The molecule has 3 aromatic carbocycles. The smallest absolute Gasteiger partial charge is 0.234 e. The largest absolute Gasteiger partial charge is 0.326 e. The Hall–Kier alpha value is -2.18. The molecule has 0 aromatic heterocycles. The van der Waals surface area contributed by atoms with Crippen LogP contribution in [-0.2, 0) is 16.0 Å². The molecular formula is C22H17Cl3N2O2S. The van der Waals surface area contributed by atoms with Gasteiger partial charge in [0.25, 0.3) is 0 Å². The minimum absolute atomic E-state index is 0.115. The standard InChI is InChI=1S/C22H17Cl3N2O2S/c23-15-6-4-14(5-7-15)12-20(28)26-16-8-10-17(11-9-16)30-13-21(29)27-19-3-1-2-18(24)22(19)25/h1-11H,12-13H2,(H,26,28)(H,27,29). The van der Waals surface area contributed by atoms with Crippen molar-refractivity contribution in [3.63, 3.8) is 0 Å². The second-order valence-corrected chi connectivity index (χ2v) is 8.58. The zero-order valence-electron chi connectivity index (χ0n) is 15.6. The average Bonchev–Trinajstić information content (AvgIpc) is 2.72. The van der Waals surface area contributed by atoms with E-state index >= 15 is 0 Å². The molecule has 0 aliphatic carbocycles. The van der Waals surface area contributed by atoms with Crippen LogP contribution < -0.4 is 10.6 Å². The quantitative estimate of drug-likeness (QED) is 0.377. The number of halogens is 3. The van der Waals surface area contributed by atoms with Gasteiger partial charge in [0.2, 0.25) is 11.8 Å². The highest BCUT2D eigenvalue weighted by atomic mass is 35.5. The van der Waals surface area contributed by atoms with Crippen LogP contribution in [0.2, 0.25) is 15.1 Å². The Bertz CT molecular complexity index is 1040. The van der Waals surface area contributed by atoms with Crippen molar-refractivity contribution >= 4 is 69.8 Å². The fourth-order valence-electron chi connectivity index (χ4n) is 2.56. The minimum atomic E-state index is -0.190. The van der Waals surface area contributed by atoms with E-state index in [2.05, 4.69) is 10.6 Å². The van der Waals surface area contributed by atoms with Crippen LogP contribution in [-0.4, -0.2) is 17.6 Å². The number of thioether (sulfide) groups is 1. The van der Waals surface area contributed by atoms with Crippen LogP contribution in [0.5, 0.6) is 0 Å². The second-order valence-electron chi connectivity index (χ2n) is 6.31. The van der Waals surface area contributed by atoms with Crippen molar-refractivity contribution in [3.8, 4) is 0 Å². The zero-order chi connectivity index (χ0) is 21.5. The second kappa shape index (κ2) is 10.7. The summed E-state index contributed by atoms with van der Waals surface area (Å²) < 4.78 is 0. The van der Waals surface area contributed by atoms with Gasteiger partial charge in [-0.1, -0.05) is 53.0 Å². The summed E-state index contributed by atoms with van der Waals surface area (Å²) in [5.74, 6) is -0.0921. The van der Waals surface area contributed by atoms with Crippen molar-refractivity contribution in [3.05, 3.63) is 87.4 Å². The van der Waals surface area contributed by atoms with Crippen LogP contribution >= 0.6 is 46.6 Å². The van der Waals surface area contributed by atoms with Crippen molar-refractivity contribution in [2.24, 2.45) is 0 Å². The summed E-state index contributed by atoms with van der Waals surface area (Å²) in [5.41, 5.74) is 2.05. The lowest BCUT2D eigenvalue weighted by atomic mass is 10.1. The van der Waals surface area contributed by atoms with Gasteiger partial charge in [-0.2, -0.15) is 0 Å². The molecule has 0 heterocycles. The van der Waals surface area contributed by atoms with Crippen LogP contribution in [0.3, 0.4) is 0 Å². The first-order valence-electron chi connectivity index (χ1n) is 8.92. The first kappa shape index (κ1) is 22.5. The van der Waals surface area contributed by atoms with Gasteiger partial charge in [0.15, 0.2) is 0 Å². The molecule has 0 radical (unpaired) electrons. The number of carbonyl (C=O) groups excluding carboxylic acids is 2. The Balaban J connectivity index is 1.48. The molecule has 154 valence electrons. The molecule has 0 aliphatic heterocycles. The lowest BCUT2D eigenvalue weighted by Crippen LogP contribution is -2.14. The van der Waals surface area contributed by atoms with Crippen LogP contribution in [0.15, 0.2) is 71.6 Å². The molecule has 2 amide bonds. The van der Waals surface area contributed by atoms with Crippen LogP contribution in [0.4, 0.5) is 11.4 Å². The Kier molecular flexibility index (Phi) is 8.05. The molecule has 0 bridgehead atoms. The summed E-state index contributed by atoms with van der Waals surface area (Å²) in [6.07, 6.45) is 0.264. The number of rotatable bonds is 7. The normalized spacial score (nSPS) is 10.5. The monoisotopic (exact) mass is 478 g/mol. The molecule has 3 aromatic rings. The Morgan fingerprint density at radius 1 is 0.800 bits per heavy atom. The predicted octanol–water partition coefficient (Wildman–Crippen LogP) is 6.56. The third-order valence-corrected chi connectivity index (χ3v) is 6.09. The summed E-state index contributed by atoms with van der Waals surface area (Å²) in [4.78, 5) is 25.2. The number of carbonyl (C=O) groups is 2. The summed E-state index contributed by atoms with van der Waals surface area (Å²) >= 11 is 19.3. The van der Waals surface area contributed by atoms with Crippen molar-refractivity contribution in [2.75, 3.05) is 16.4 Å². The summed E-state index contributed by atoms with van der Waals surface area (Å²) in [7, 11) is 0. The highest BCUT2D eigenvalue weighted by molar-refractivity contribution is 8.00. The molecule has 0 unspecified atom stereocenters. The Labute approximate surface area is 193 Å². The van der Waals surface area contributed by atoms with E-state index in [1.165, 1.54) is 11.8 Å². The van der Waals surface area contributed by atoms with Gasteiger partial charge in [-0.05, 0) is 54.1 Å². The van der Waals surface area contributed by atoms with E-state index in [1.54, 1.807) is 42.5 Å². The van der Waals surface area contributed by atoms with E-state index in [0.29, 0.717) is 26.4 Å². The maximum Gasteiger partial charge on any atom is 0.234 e. The highest BCUT2D eigenvalue weighted by Gasteiger charge is 2.09. The zero-order valence-corrected chi connectivity index (χ0v) is 18.7. The van der Waals surface area contributed by atoms with Crippen LogP contribution in [0.25, 0.3) is 0 Å². The number of benzene rings is 3. The fraction of sp³-hybridized carbons (Fsp3) is 0.0909. The highest BCUT2D eigenvalue weighted by Crippen LogP contribution is 2.30. The van der Waals surface area contributed by atoms with Crippen LogP contribution in [0.1, 0.15) is 5.56 Å². The molecule has 2 N–H and O–H groups in total. The summed E-state index contributed by atoms with van der Waals surface area (Å²) in [5, 5.41) is 6.93. The van der Waals surface area contributed by atoms with Gasteiger partial charge >= 0.3 is 0 Å². The first-order valence-corrected chi connectivity index (χ1v) is 11.0. The van der Waals surface area contributed by atoms with E-state index in [-0.39, 0.29) is 24.0 Å². The molecule has 0 aliphatic rings. The molecule has 30 heavy (non-hydrogen) atoms. The van der Waals surface area contributed by atoms with Gasteiger partial charge in [-0.25, -0.2) is 0 Å². The Morgan fingerprint density at radius 2 is 1.50 bits per heavy atom. The SMILES string of the molecule is O=C(Cc1ccc(Cl)cc1)Nc1ccc(SCC(=O)Nc2cccc(Cl)c2Cl)cc1. The molecule has 4 nitrogen and oxygen atoms in total. The van der Waals surface area contributed by atoms with Gasteiger partial charge in [-0.3, -0.25) is 9.59 Å². The third-order valence-electron chi connectivity index (χ3n) is 4.01. The number of amides is 2. The van der Waals surface area contributed by atoms with E-state index < -0.39 is 0 Å². The third kappa shape index (κ3) is 6.67. The predicted molar refractivity (Wildman–Crippen MR) is 126 cm³/mol. The first-order chi connectivity index (χ1) is 14.4. The average molecular weight is 480 g/mol. The van der Waals surface area contributed by atoms with Crippen LogP contribution in [0, 0.1) is 0 Å². The van der Waals surface area contributed by atoms with Crippen molar-refractivity contribution in [1.29, 1.82) is 0 Å². The van der Waals surface area contributed by atoms with E-state index in [4.69, 9.17) is 34.8 Å². The number of hydrogen-bond acceptors (Lipinski definition) is 3. The summed E-state index contributed by atoms with van der Waals surface area (Å²) in [6.45, 7) is 0. The van der Waals surface area contributed by atoms with Gasteiger partial charge in [-0.15, -0.1) is 11.8 Å². The summed E-state index contributed by atoms with van der Waals surface area (Å²) in [6, 6.07) is 19.5. The number of hydrogen-bond donors (Lipinski definition) is 2. The van der Waals surface area contributed by atoms with Gasteiger partial charge in [0.1, 0.15) is 0 Å². The molecular weight excluding hydrogens is 463 g/mol. The lowest BCUT2D eigenvalue weighted by molar-refractivity contribution is -0.115.